The number of benzene rings is 2. The molecule has 3 rings (SSSR count). The summed E-state index contributed by atoms with van der Waals surface area (Å²) in [4.78, 5) is 0. The lowest BCUT2D eigenvalue weighted by atomic mass is 9.83. The average molecular weight is 271 g/mol. The molecule has 1 aliphatic heterocycles. The summed E-state index contributed by atoms with van der Waals surface area (Å²) >= 11 is 0. The van der Waals surface area contributed by atoms with Crippen LogP contribution >= 0.6 is 0 Å². The predicted octanol–water partition coefficient (Wildman–Crippen LogP) is 2.35. The van der Waals surface area contributed by atoms with Crippen LogP contribution in [0.3, 0.4) is 0 Å². The average Bonchev–Trinajstić information content (AvgIpc) is 2.41. The van der Waals surface area contributed by atoms with Crippen LogP contribution in [0.1, 0.15) is 28.2 Å². The SMILES string of the molecule is Cc1cc(O)cc2c1CNCC2c1ccc(O)c(O)c1. The number of phenolic OH excluding ortho intramolecular Hbond substituents is 3. The molecule has 4 N–H and O–H groups in total. The Bertz CT molecular complexity index is 667. The summed E-state index contributed by atoms with van der Waals surface area (Å²) in [5.74, 6) is 0.0727. The number of hydrogen-bond donors (Lipinski definition) is 4. The molecule has 0 fully saturated rings. The van der Waals surface area contributed by atoms with Gasteiger partial charge in [-0.05, 0) is 53.4 Å². The first-order chi connectivity index (χ1) is 9.56. The Balaban J connectivity index is 2.11. The number of aryl methyl sites for hydroxylation is 1. The minimum absolute atomic E-state index is 0.0519. The molecule has 20 heavy (non-hydrogen) atoms. The molecule has 1 atom stereocenters. The standard InChI is InChI=1S/C16H17NO3/c1-9-4-11(18)6-12-13(9)7-17-8-14(12)10-2-3-15(19)16(20)5-10/h2-6,14,17-20H,7-8H2,1H3. The first-order valence-corrected chi connectivity index (χ1v) is 6.61. The largest absolute Gasteiger partial charge is 0.508 e. The van der Waals surface area contributed by atoms with Crippen LogP contribution in [0.5, 0.6) is 17.2 Å². The van der Waals surface area contributed by atoms with Crippen molar-refractivity contribution in [1.29, 1.82) is 0 Å². The third-order valence-corrected chi connectivity index (χ3v) is 3.92. The van der Waals surface area contributed by atoms with Gasteiger partial charge in [0.1, 0.15) is 5.75 Å². The fourth-order valence-electron chi connectivity index (χ4n) is 2.88. The second kappa shape index (κ2) is 4.72. The van der Waals surface area contributed by atoms with Gasteiger partial charge in [0, 0.05) is 19.0 Å². The monoisotopic (exact) mass is 271 g/mol. The van der Waals surface area contributed by atoms with Crippen LogP contribution in [0.2, 0.25) is 0 Å². The van der Waals surface area contributed by atoms with Crippen LogP contribution in [-0.2, 0) is 6.54 Å². The second-order valence-corrected chi connectivity index (χ2v) is 5.26. The lowest BCUT2D eigenvalue weighted by molar-refractivity contribution is 0.402. The van der Waals surface area contributed by atoms with Crippen LogP contribution in [0.15, 0.2) is 30.3 Å². The minimum Gasteiger partial charge on any atom is -0.508 e. The maximum Gasteiger partial charge on any atom is 0.157 e. The molecule has 4 heteroatoms. The normalized spacial score (nSPS) is 17.8. The molecule has 0 saturated carbocycles. The summed E-state index contributed by atoms with van der Waals surface area (Å²) in [5, 5.41) is 32.3. The fraction of sp³-hybridized carbons (Fsp3) is 0.250. The van der Waals surface area contributed by atoms with E-state index in [0.29, 0.717) is 0 Å². The zero-order valence-corrected chi connectivity index (χ0v) is 11.2. The zero-order valence-electron chi connectivity index (χ0n) is 11.2. The maximum absolute atomic E-state index is 9.82. The highest BCUT2D eigenvalue weighted by atomic mass is 16.3. The van der Waals surface area contributed by atoms with Crippen LogP contribution in [-0.4, -0.2) is 21.9 Å². The quantitative estimate of drug-likeness (QED) is 0.601. The summed E-state index contributed by atoms with van der Waals surface area (Å²) in [6, 6.07) is 8.43. The summed E-state index contributed by atoms with van der Waals surface area (Å²) < 4.78 is 0. The number of nitrogens with one attached hydrogen (secondary N) is 1. The summed E-state index contributed by atoms with van der Waals surface area (Å²) in [6.45, 7) is 3.50. The van der Waals surface area contributed by atoms with Crippen molar-refractivity contribution in [2.24, 2.45) is 0 Å². The summed E-state index contributed by atoms with van der Waals surface area (Å²) in [7, 11) is 0. The molecule has 0 bridgehead atoms. The van der Waals surface area contributed by atoms with E-state index >= 15 is 0 Å². The highest BCUT2D eigenvalue weighted by Gasteiger charge is 2.24. The highest BCUT2D eigenvalue weighted by molar-refractivity contribution is 5.50. The van der Waals surface area contributed by atoms with E-state index < -0.39 is 0 Å². The van der Waals surface area contributed by atoms with Crippen LogP contribution in [0, 0.1) is 6.92 Å². The molecular formula is C16H17NO3. The van der Waals surface area contributed by atoms with Gasteiger partial charge in [-0.25, -0.2) is 0 Å². The zero-order chi connectivity index (χ0) is 14.3. The van der Waals surface area contributed by atoms with E-state index in [4.69, 9.17) is 0 Å². The van der Waals surface area contributed by atoms with Gasteiger partial charge < -0.3 is 20.6 Å². The van der Waals surface area contributed by atoms with Crippen molar-refractivity contribution in [3.8, 4) is 17.2 Å². The van der Waals surface area contributed by atoms with Gasteiger partial charge in [-0.2, -0.15) is 0 Å². The molecule has 1 aliphatic rings. The Morgan fingerprint density at radius 3 is 2.60 bits per heavy atom. The van der Waals surface area contributed by atoms with E-state index in [9.17, 15) is 15.3 Å². The molecule has 0 amide bonds. The van der Waals surface area contributed by atoms with E-state index in [1.165, 1.54) is 11.6 Å². The van der Waals surface area contributed by atoms with Gasteiger partial charge in [0.25, 0.3) is 0 Å². The number of hydrogen-bond acceptors (Lipinski definition) is 4. The Hall–Kier alpha value is -2.20. The van der Waals surface area contributed by atoms with E-state index in [0.717, 1.165) is 29.8 Å². The molecule has 1 heterocycles. The molecule has 4 nitrogen and oxygen atoms in total. The molecule has 104 valence electrons. The Kier molecular flexibility index (Phi) is 3.03. The number of rotatable bonds is 1. The van der Waals surface area contributed by atoms with Crippen LogP contribution in [0.25, 0.3) is 0 Å². The molecule has 0 saturated heterocycles. The van der Waals surface area contributed by atoms with Crippen molar-refractivity contribution >= 4 is 0 Å². The predicted molar refractivity (Wildman–Crippen MR) is 76.2 cm³/mol. The van der Waals surface area contributed by atoms with Crippen molar-refractivity contribution in [2.75, 3.05) is 6.54 Å². The number of phenols is 3. The number of fused-ring (bicyclic) bond motifs is 1. The van der Waals surface area contributed by atoms with E-state index in [2.05, 4.69) is 5.32 Å². The lowest BCUT2D eigenvalue weighted by Gasteiger charge is -2.28. The van der Waals surface area contributed by atoms with Gasteiger partial charge in [0.15, 0.2) is 11.5 Å². The fourth-order valence-corrected chi connectivity index (χ4v) is 2.88. The number of aromatic hydroxyl groups is 3. The molecule has 2 aromatic rings. The Morgan fingerprint density at radius 1 is 1.05 bits per heavy atom. The Morgan fingerprint density at radius 2 is 1.85 bits per heavy atom. The second-order valence-electron chi connectivity index (χ2n) is 5.26. The molecule has 0 aliphatic carbocycles. The van der Waals surface area contributed by atoms with E-state index in [-0.39, 0.29) is 23.2 Å². The minimum atomic E-state index is -0.121. The van der Waals surface area contributed by atoms with E-state index in [1.807, 2.05) is 6.92 Å². The van der Waals surface area contributed by atoms with Crippen molar-refractivity contribution in [3.05, 3.63) is 52.6 Å². The third kappa shape index (κ3) is 2.08. The first-order valence-electron chi connectivity index (χ1n) is 6.61. The first kappa shape index (κ1) is 12.8. The van der Waals surface area contributed by atoms with Gasteiger partial charge >= 0.3 is 0 Å². The molecule has 1 unspecified atom stereocenters. The topological polar surface area (TPSA) is 72.7 Å². The summed E-state index contributed by atoms with van der Waals surface area (Å²) in [5.41, 5.74) is 4.23. The molecule has 0 radical (unpaired) electrons. The van der Waals surface area contributed by atoms with Crippen molar-refractivity contribution in [3.63, 3.8) is 0 Å². The van der Waals surface area contributed by atoms with Gasteiger partial charge in [-0.15, -0.1) is 0 Å². The summed E-state index contributed by atoms with van der Waals surface area (Å²) in [6.07, 6.45) is 0. The molecular weight excluding hydrogens is 254 g/mol. The lowest BCUT2D eigenvalue weighted by Crippen LogP contribution is -2.29. The molecule has 0 spiro atoms. The van der Waals surface area contributed by atoms with Crippen LogP contribution in [0.4, 0.5) is 0 Å². The molecule has 0 aromatic heterocycles. The van der Waals surface area contributed by atoms with E-state index in [1.54, 1.807) is 24.3 Å². The Labute approximate surface area is 117 Å². The van der Waals surface area contributed by atoms with Crippen molar-refractivity contribution in [2.45, 2.75) is 19.4 Å². The highest BCUT2D eigenvalue weighted by Crippen LogP contribution is 2.37. The van der Waals surface area contributed by atoms with Gasteiger partial charge in [0.05, 0.1) is 0 Å². The third-order valence-electron chi connectivity index (χ3n) is 3.92. The van der Waals surface area contributed by atoms with Crippen LogP contribution < -0.4 is 5.32 Å². The smallest absolute Gasteiger partial charge is 0.157 e. The maximum atomic E-state index is 9.82. The molecule has 2 aromatic carbocycles. The van der Waals surface area contributed by atoms with Crippen molar-refractivity contribution < 1.29 is 15.3 Å². The van der Waals surface area contributed by atoms with Gasteiger partial charge in [-0.1, -0.05) is 6.07 Å². The van der Waals surface area contributed by atoms with Gasteiger partial charge in [-0.3, -0.25) is 0 Å². The van der Waals surface area contributed by atoms with Gasteiger partial charge in [0.2, 0.25) is 0 Å². The van der Waals surface area contributed by atoms with Crippen molar-refractivity contribution in [1.82, 2.24) is 5.32 Å².